The van der Waals surface area contributed by atoms with E-state index in [0.29, 0.717) is 19.6 Å². The third kappa shape index (κ3) is 5.10. The van der Waals surface area contributed by atoms with Gasteiger partial charge in [0, 0.05) is 24.4 Å². The van der Waals surface area contributed by atoms with Gasteiger partial charge in [-0.1, -0.05) is 30.9 Å². The number of benzene rings is 1. The van der Waals surface area contributed by atoms with E-state index in [-0.39, 0.29) is 13.2 Å². The fourth-order valence-corrected chi connectivity index (χ4v) is 3.70. The Hall–Kier alpha value is -2.97. The van der Waals surface area contributed by atoms with Crippen LogP contribution in [-0.4, -0.2) is 59.4 Å². The number of urea groups is 1. The predicted octanol–water partition coefficient (Wildman–Crippen LogP) is 2.74. The Bertz CT molecular complexity index is 880. The number of imide groups is 2. The van der Waals surface area contributed by atoms with Crippen LogP contribution < -0.4 is 4.74 Å². The second-order valence-corrected chi connectivity index (χ2v) is 7.73. The summed E-state index contributed by atoms with van der Waals surface area (Å²) >= 11 is 1.56. The third-order valence-electron chi connectivity index (χ3n) is 4.42. The Morgan fingerprint density at radius 2 is 1.83 bits per heavy atom. The minimum atomic E-state index is -0.777. The average Bonchev–Trinajstić information content (AvgIpc) is 3.30. The summed E-state index contributed by atoms with van der Waals surface area (Å²) in [5.74, 6) is -0.793. The highest BCUT2D eigenvalue weighted by atomic mass is 32.1. The van der Waals surface area contributed by atoms with E-state index in [2.05, 4.69) is 6.58 Å². The topological polar surface area (TPSA) is 70.2 Å². The summed E-state index contributed by atoms with van der Waals surface area (Å²) in [4.78, 5) is 42.0. The molecule has 0 bridgehead atoms. The molecule has 1 saturated heterocycles. The van der Waals surface area contributed by atoms with E-state index in [1.54, 1.807) is 24.5 Å². The van der Waals surface area contributed by atoms with Gasteiger partial charge in [0.15, 0.2) is 0 Å². The molecule has 0 aliphatic carbocycles. The summed E-state index contributed by atoms with van der Waals surface area (Å²) in [7, 11) is 1.79. The lowest BCUT2D eigenvalue weighted by Gasteiger charge is -2.22. The van der Waals surface area contributed by atoms with Gasteiger partial charge in [0.25, 0.3) is 0 Å². The zero-order valence-corrected chi connectivity index (χ0v) is 17.1. The van der Waals surface area contributed by atoms with Crippen molar-refractivity contribution in [3.05, 3.63) is 64.9 Å². The first-order valence-electron chi connectivity index (χ1n) is 9.20. The van der Waals surface area contributed by atoms with E-state index in [4.69, 9.17) is 4.74 Å². The molecule has 29 heavy (non-hydrogen) atoms. The maximum atomic E-state index is 12.6. The summed E-state index contributed by atoms with van der Waals surface area (Å²) in [6.45, 7) is 4.82. The minimum Gasteiger partial charge on any atom is -0.490 e. The zero-order valence-electron chi connectivity index (χ0n) is 16.2. The molecule has 7 nitrogen and oxygen atoms in total. The number of ether oxygens (including phenoxy) is 1. The van der Waals surface area contributed by atoms with Crippen LogP contribution >= 0.6 is 11.3 Å². The molecule has 2 heterocycles. The SMILES string of the molecule is C=CCOc1ccc(CN(C)CN2C(=O)C(=O)N(CCc3cccs3)C2=O)cc1. The van der Waals surface area contributed by atoms with Gasteiger partial charge in [0.1, 0.15) is 12.4 Å². The number of carbonyl (C=O) groups excluding carboxylic acids is 3. The van der Waals surface area contributed by atoms with Crippen LogP contribution in [-0.2, 0) is 22.6 Å². The van der Waals surface area contributed by atoms with Crippen molar-refractivity contribution in [2.45, 2.75) is 13.0 Å². The van der Waals surface area contributed by atoms with E-state index >= 15 is 0 Å². The molecular weight excluding hydrogens is 390 g/mol. The van der Waals surface area contributed by atoms with Gasteiger partial charge in [-0.25, -0.2) is 9.69 Å². The van der Waals surface area contributed by atoms with Gasteiger partial charge in [0.2, 0.25) is 0 Å². The van der Waals surface area contributed by atoms with Gasteiger partial charge in [-0.2, -0.15) is 0 Å². The minimum absolute atomic E-state index is 0.0492. The smallest absolute Gasteiger partial charge is 0.335 e. The summed E-state index contributed by atoms with van der Waals surface area (Å²) in [5, 5.41) is 1.94. The van der Waals surface area contributed by atoms with Crippen molar-refractivity contribution >= 4 is 29.2 Å². The molecule has 0 radical (unpaired) electrons. The number of carbonyl (C=O) groups is 3. The molecule has 8 heteroatoms. The van der Waals surface area contributed by atoms with Crippen molar-refractivity contribution in [3.63, 3.8) is 0 Å². The molecule has 0 saturated carbocycles. The molecule has 0 N–H and O–H groups in total. The van der Waals surface area contributed by atoms with Crippen LogP contribution in [0.2, 0.25) is 0 Å². The highest BCUT2D eigenvalue weighted by Gasteiger charge is 2.44. The van der Waals surface area contributed by atoms with Crippen LogP contribution in [0, 0.1) is 0 Å². The number of rotatable bonds is 10. The normalized spacial score (nSPS) is 14.2. The lowest BCUT2D eigenvalue weighted by Crippen LogP contribution is -2.40. The maximum Gasteiger partial charge on any atom is 0.335 e. The van der Waals surface area contributed by atoms with Gasteiger partial charge < -0.3 is 4.74 Å². The Morgan fingerprint density at radius 3 is 2.48 bits per heavy atom. The maximum absolute atomic E-state index is 12.6. The summed E-state index contributed by atoms with van der Waals surface area (Å²) in [5.41, 5.74) is 0.999. The Morgan fingerprint density at radius 1 is 1.10 bits per heavy atom. The summed E-state index contributed by atoms with van der Waals surface area (Å²) in [6.07, 6.45) is 2.23. The highest BCUT2D eigenvalue weighted by molar-refractivity contribution is 7.09. The lowest BCUT2D eigenvalue weighted by molar-refractivity contribution is -0.143. The molecule has 1 aliphatic rings. The van der Waals surface area contributed by atoms with Crippen LogP contribution in [0.15, 0.2) is 54.4 Å². The molecule has 3 rings (SSSR count). The van der Waals surface area contributed by atoms with Crippen molar-refractivity contribution in [2.75, 3.05) is 26.9 Å². The third-order valence-corrected chi connectivity index (χ3v) is 5.36. The van der Waals surface area contributed by atoms with E-state index in [9.17, 15) is 14.4 Å². The van der Waals surface area contributed by atoms with Crippen LogP contribution in [0.1, 0.15) is 10.4 Å². The zero-order chi connectivity index (χ0) is 20.8. The predicted molar refractivity (Wildman–Crippen MR) is 110 cm³/mol. The number of hydrogen-bond donors (Lipinski definition) is 0. The molecule has 1 aromatic heterocycles. The Labute approximate surface area is 173 Å². The van der Waals surface area contributed by atoms with Gasteiger partial charge in [-0.05, 0) is 36.2 Å². The summed E-state index contributed by atoms with van der Waals surface area (Å²) < 4.78 is 5.45. The van der Waals surface area contributed by atoms with Crippen LogP contribution in [0.4, 0.5) is 4.79 Å². The van der Waals surface area contributed by atoms with E-state index < -0.39 is 17.8 Å². The van der Waals surface area contributed by atoms with Crippen LogP contribution in [0.25, 0.3) is 0 Å². The van der Waals surface area contributed by atoms with Crippen molar-refractivity contribution < 1.29 is 19.1 Å². The van der Waals surface area contributed by atoms with Gasteiger partial charge >= 0.3 is 17.8 Å². The monoisotopic (exact) mass is 413 g/mol. The van der Waals surface area contributed by atoms with E-state index in [1.165, 1.54) is 0 Å². The highest BCUT2D eigenvalue weighted by Crippen LogP contribution is 2.17. The Kier molecular flexibility index (Phi) is 6.79. The fraction of sp³-hybridized carbons (Fsp3) is 0.286. The van der Waals surface area contributed by atoms with Gasteiger partial charge in [-0.15, -0.1) is 11.3 Å². The van der Waals surface area contributed by atoms with Crippen molar-refractivity contribution in [3.8, 4) is 5.75 Å². The number of amides is 4. The molecule has 0 spiro atoms. The first-order valence-corrected chi connectivity index (χ1v) is 10.1. The van der Waals surface area contributed by atoms with Gasteiger partial charge in [-0.3, -0.25) is 19.4 Å². The Balaban J connectivity index is 1.55. The molecule has 1 aromatic carbocycles. The quantitative estimate of drug-likeness (QED) is 0.340. The standard InChI is InChI=1S/C21H23N3O4S/c1-3-12-28-17-8-6-16(7-9-17)14-22(2)15-24-20(26)19(25)23(21(24)27)11-10-18-5-4-13-29-18/h3-9,13H,1,10-12,14-15H2,2H3. The first kappa shape index (κ1) is 20.8. The van der Waals surface area contributed by atoms with Crippen LogP contribution in [0.3, 0.4) is 0 Å². The second kappa shape index (κ2) is 9.49. The summed E-state index contributed by atoms with van der Waals surface area (Å²) in [6, 6.07) is 10.8. The number of hydrogen-bond acceptors (Lipinski definition) is 6. The molecule has 0 unspecified atom stereocenters. The average molecular weight is 413 g/mol. The van der Waals surface area contributed by atoms with Crippen molar-refractivity contribution in [1.29, 1.82) is 0 Å². The molecule has 1 fully saturated rings. The van der Waals surface area contributed by atoms with Crippen LogP contribution in [0.5, 0.6) is 5.75 Å². The lowest BCUT2D eigenvalue weighted by atomic mass is 10.2. The van der Waals surface area contributed by atoms with E-state index in [1.807, 2.05) is 46.7 Å². The number of thiophene rings is 1. The molecule has 4 amide bonds. The van der Waals surface area contributed by atoms with Gasteiger partial charge in [0.05, 0.1) is 6.67 Å². The molecule has 152 valence electrons. The number of nitrogens with zero attached hydrogens (tertiary/aromatic N) is 3. The molecule has 1 aliphatic heterocycles. The second-order valence-electron chi connectivity index (χ2n) is 6.70. The van der Waals surface area contributed by atoms with E-state index in [0.717, 1.165) is 26.0 Å². The van der Waals surface area contributed by atoms with Crippen molar-refractivity contribution in [1.82, 2.24) is 14.7 Å². The fourth-order valence-electron chi connectivity index (χ4n) is 3.00. The van der Waals surface area contributed by atoms with Crippen molar-refractivity contribution in [2.24, 2.45) is 0 Å². The molecule has 2 aromatic rings. The largest absolute Gasteiger partial charge is 0.490 e. The first-order chi connectivity index (χ1) is 14.0. The molecule has 0 atom stereocenters. The molecular formula is C21H23N3O4S.